The molecule has 0 radical (unpaired) electrons. The Morgan fingerprint density at radius 3 is 2.77 bits per heavy atom. The van der Waals surface area contributed by atoms with E-state index in [1.807, 2.05) is 52.8 Å². The van der Waals surface area contributed by atoms with Gasteiger partial charge in [0.15, 0.2) is 5.82 Å². The van der Waals surface area contributed by atoms with E-state index in [2.05, 4.69) is 34.3 Å². The fourth-order valence-corrected chi connectivity index (χ4v) is 2.77. The van der Waals surface area contributed by atoms with Crippen molar-refractivity contribution in [2.75, 3.05) is 0 Å². The van der Waals surface area contributed by atoms with Crippen LogP contribution in [0.25, 0.3) is 11.4 Å². The molecule has 0 unspecified atom stereocenters. The highest BCUT2D eigenvalue weighted by Crippen LogP contribution is 2.20. The molecule has 7 heteroatoms. The van der Waals surface area contributed by atoms with Crippen LogP contribution in [0.15, 0.2) is 49.1 Å². The maximum absolute atomic E-state index is 12.6. The van der Waals surface area contributed by atoms with Gasteiger partial charge < -0.3 is 5.32 Å². The lowest BCUT2D eigenvalue weighted by Gasteiger charge is -2.15. The average Bonchev–Trinajstić information content (AvgIpc) is 3.31. The predicted molar refractivity (Wildman–Crippen MR) is 99.6 cm³/mol. The van der Waals surface area contributed by atoms with E-state index in [4.69, 9.17) is 0 Å². The molecule has 26 heavy (non-hydrogen) atoms. The summed E-state index contributed by atoms with van der Waals surface area (Å²) in [5.74, 6) is 0.678. The van der Waals surface area contributed by atoms with Crippen molar-refractivity contribution < 1.29 is 4.79 Å². The van der Waals surface area contributed by atoms with E-state index in [1.165, 1.54) is 0 Å². The molecule has 1 amide bonds. The van der Waals surface area contributed by atoms with Crippen LogP contribution < -0.4 is 5.32 Å². The Hall–Kier alpha value is -2.96. The molecular weight excluding hydrogens is 328 g/mol. The molecule has 7 nitrogen and oxygen atoms in total. The van der Waals surface area contributed by atoms with E-state index in [0.29, 0.717) is 5.56 Å². The van der Waals surface area contributed by atoms with Gasteiger partial charge in [0, 0.05) is 42.1 Å². The Kier molecular flexibility index (Phi) is 5.46. The molecule has 2 aromatic heterocycles. The van der Waals surface area contributed by atoms with Gasteiger partial charge in [0.2, 0.25) is 0 Å². The average molecular weight is 352 g/mol. The second kappa shape index (κ2) is 7.95. The molecular formula is C19H24N6O. The van der Waals surface area contributed by atoms with Crippen LogP contribution in [-0.2, 0) is 6.54 Å². The van der Waals surface area contributed by atoms with E-state index in [9.17, 15) is 4.79 Å². The second-order valence-electron chi connectivity index (χ2n) is 6.64. The molecule has 0 saturated heterocycles. The number of hydrogen-bond donors (Lipinski definition) is 1. The van der Waals surface area contributed by atoms with Gasteiger partial charge in [-0.2, -0.15) is 10.2 Å². The van der Waals surface area contributed by atoms with E-state index >= 15 is 0 Å². The number of aryl methyl sites for hydroxylation is 1. The maximum atomic E-state index is 12.6. The molecule has 0 aliphatic heterocycles. The molecule has 136 valence electrons. The summed E-state index contributed by atoms with van der Waals surface area (Å²) in [6.07, 6.45) is 6.03. The van der Waals surface area contributed by atoms with E-state index < -0.39 is 0 Å². The first-order valence-electron chi connectivity index (χ1n) is 8.83. The van der Waals surface area contributed by atoms with Crippen LogP contribution in [0.5, 0.6) is 0 Å². The van der Waals surface area contributed by atoms with Crippen molar-refractivity contribution in [1.29, 1.82) is 0 Å². The summed E-state index contributed by atoms with van der Waals surface area (Å²) in [5.41, 5.74) is 1.50. The summed E-state index contributed by atoms with van der Waals surface area (Å²) in [6, 6.07) is 9.64. The third kappa shape index (κ3) is 4.17. The Balaban J connectivity index is 1.67. The zero-order valence-corrected chi connectivity index (χ0v) is 15.3. The van der Waals surface area contributed by atoms with Crippen LogP contribution in [0, 0.1) is 0 Å². The quantitative estimate of drug-likeness (QED) is 0.709. The summed E-state index contributed by atoms with van der Waals surface area (Å²) in [4.78, 5) is 16.9. The highest BCUT2D eigenvalue weighted by Gasteiger charge is 2.14. The lowest BCUT2D eigenvalue weighted by atomic mass is 10.1. The van der Waals surface area contributed by atoms with Crippen LogP contribution in [0.2, 0.25) is 0 Å². The lowest BCUT2D eigenvalue weighted by molar-refractivity contribution is 0.0937. The number of amides is 1. The van der Waals surface area contributed by atoms with Gasteiger partial charge in [-0.1, -0.05) is 12.1 Å². The molecule has 0 saturated carbocycles. The first kappa shape index (κ1) is 17.8. The van der Waals surface area contributed by atoms with Gasteiger partial charge in [0.05, 0.1) is 0 Å². The van der Waals surface area contributed by atoms with Crippen LogP contribution in [0.4, 0.5) is 0 Å². The molecule has 2 heterocycles. The van der Waals surface area contributed by atoms with Crippen LogP contribution >= 0.6 is 0 Å². The highest BCUT2D eigenvalue weighted by atomic mass is 16.1. The first-order chi connectivity index (χ1) is 12.5. The fourth-order valence-electron chi connectivity index (χ4n) is 2.77. The summed E-state index contributed by atoms with van der Waals surface area (Å²) in [7, 11) is 0. The van der Waals surface area contributed by atoms with Crippen LogP contribution in [0.1, 0.15) is 43.6 Å². The van der Waals surface area contributed by atoms with Crippen LogP contribution in [0.3, 0.4) is 0 Å². The number of nitrogens with one attached hydrogen (secondary N) is 1. The van der Waals surface area contributed by atoms with E-state index in [0.717, 1.165) is 24.4 Å². The number of nitrogens with zero attached hydrogens (tertiary/aromatic N) is 5. The summed E-state index contributed by atoms with van der Waals surface area (Å²) >= 11 is 0. The van der Waals surface area contributed by atoms with Gasteiger partial charge in [-0.05, 0) is 45.4 Å². The zero-order chi connectivity index (χ0) is 18.5. The molecule has 3 rings (SSSR count). The van der Waals surface area contributed by atoms with Gasteiger partial charge in [-0.3, -0.25) is 9.48 Å². The van der Waals surface area contributed by atoms with Crippen molar-refractivity contribution in [2.45, 2.75) is 45.8 Å². The van der Waals surface area contributed by atoms with Gasteiger partial charge in [-0.15, -0.1) is 0 Å². The van der Waals surface area contributed by atoms with Crippen molar-refractivity contribution >= 4 is 5.91 Å². The van der Waals surface area contributed by atoms with E-state index in [1.54, 1.807) is 12.5 Å². The number of aromatic nitrogens is 5. The summed E-state index contributed by atoms with van der Waals surface area (Å²) in [5, 5.41) is 11.5. The molecule has 0 fully saturated rings. The lowest BCUT2D eigenvalue weighted by Crippen LogP contribution is -2.33. The molecule has 0 aliphatic carbocycles. The molecule has 3 aromatic rings. The van der Waals surface area contributed by atoms with Gasteiger partial charge in [0.25, 0.3) is 5.91 Å². The smallest absolute Gasteiger partial charge is 0.251 e. The predicted octanol–water partition coefficient (Wildman–Crippen LogP) is 2.93. The Bertz CT molecular complexity index is 853. The monoisotopic (exact) mass is 352 g/mol. The number of benzene rings is 1. The van der Waals surface area contributed by atoms with E-state index in [-0.39, 0.29) is 18.0 Å². The largest absolute Gasteiger partial charge is 0.350 e. The minimum atomic E-state index is -0.0876. The second-order valence-corrected chi connectivity index (χ2v) is 6.64. The molecule has 0 spiro atoms. The SMILES string of the molecule is CC(C)n1ncnc1-c1cccc(C(=O)N[C@@H](C)CCn2cccn2)c1. The minimum absolute atomic E-state index is 0.0506. The number of carbonyl (C=O) groups is 1. The van der Waals surface area contributed by atoms with Crippen molar-refractivity contribution in [2.24, 2.45) is 0 Å². The summed E-state index contributed by atoms with van der Waals surface area (Å²) < 4.78 is 3.71. The van der Waals surface area contributed by atoms with Crippen molar-refractivity contribution in [1.82, 2.24) is 29.9 Å². The Morgan fingerprint density at radius 1 is 1.19 bits per heavy atom. The Labute approximate surface area is 153 Å². The third-order valence-corrected chi connectivity index (χ3v) is 4.17. The zero-order valence-electron chi connectivity index (χ0n) is 15.3. The van der Waals surface area contributed by atoms with Crippen molar-refractivity contribution in [3.8, 4) is 11.4 Å². The molecule has 1 atom stereocenters. The topological polar surface area (TPSA) is 77.6 Å². The number of hydrogen-bond acceptors (Lipinski definition) is 4. The van der Waals surface area contributed by atoms with Crippen molar-refractivity contribution in [3.63, 3.8) is 0 Å². The number of carbonyl (C=O) groups excluding carboxylic acids is 1. The molecule has 1 aromatic carbocycles. The normalized spacial score (nSPS) is 12.3. The highest BCUT2D eigenvalue weighted by molar-refractivity contribution is 5.95. The van der Waals surface area contributed by atoms with Gasteiger partial charge in [-0.25, -0.2) is 9.67 Å². The van der Waals surface area contributed by atoms with Gasteiger partial charge in [0.1, 0.15) is 6.33 Å². The van der Waals surface area contributed by atoms with Gasteiger partial charge >= 0.3 is 0 Å². The molecule has 0 bridgehead atoms. The first-order valence-corrected chi connectivity index (χ1v) is 8.83. The number of rotatable bonds is 7. The maximum Gasteiger partial charge on any atom is 0.251 e. The van der Waals surface area contributed by atoms with Crippen molar-refractivity contribution in [3.05, 3.63) is 54.6 Å². The fraction of sp³-hybridized carbons (Fsp3) is 0.368. The molecule has 1 N–H and O–H groups in total. The minimum Gasteiger partial charge on any atom is -0.350 e. The van der Waals surface area contributed by atoms with Crippen LogP contribution in [-0.4, -0.2) is 36.5 Å². The summed E-state index contributed by atoms with van der Waals surface area (Å²) in [6.45, 7) is 6.87. The molecule has 0 aliphatic rings. The standard InChI is InChI=1S/C19H24N6O/c1-14(2)25-18(20-13-22-25)16-6-4-7-17(12-16)19(26)23-15(3)8-11-24-10-5-9-21-24/h4-7,9-10,12-15H,8,11H2,1-3H3,(H,23,26)/t15-/m0/s1. The Morgan fingerprint density at radius 2 is 2.04 bits per heavy atom. The third-order valence-electron chi connectivity index (χ3n) is 4.17.